The van der Waals surface area contributed by atoms with Gasteiger partial charge in [0.25, 0.3) is 5.91 Å². The van der Waals surface area contributed by atoms with Gasteiger partial charge in [0.2, 0.25) is 5.04 Å². The second kappa shape index (κ2) is 2.72. The van der Waals surface area contributed by atoms with Crippen LogP contribution in [-0.4, -0.2) is 28.5 Å². The molecule has 0 aromatic rings. The smallest absolute Gasteiger partial charge is 0.279 e. The van der Waals surface area contributed by atoms with Gasteiger partial charge < -0.3 is 10.5 Å². The average molecular weight is 146 g/mol. The first-order chi connectivity index (χ1) is 4.34. The lowest BCUT2D eigenvalue weighted by Gasteiger charge is -2.10. The summed E-state index contributed by atoms with van der Waals surface area (Å²) in [7, 11) is 0. The standard InChI is InChI=1S/C4H6N2O2S/c7-3-4(6-8)9-2-1-5-3/h8H,1-2H2,(H,5,7)/b6-4+. The molecule has 9 heavy (non-hydrogen) atoms. The lowest BCUT2D eigenvalue weighted by Crippen LogP contribution is -2.36. The summed E-state index contributed by atoms with van der Waals surface area (Å²) >= 11 is 1.26. The molecule has 50 valence electrons. The Morgan fingerprint density at radius 1 is 1.78 bits per heavy atom. The highest BCUT2D eigenvalue weighted by Gasteiger charge is 2.16. The van der Waals surface area contributed by atoms with E-state index in [0.717, 1.165) is 5.75 Å². The van der Waals surface area contributed by atoms with Crippen molar-refractivity contribution in [3.05, 3.63) is 0 Å². The van der Waals surface area contributed by atoms with Crippen LogP contribution in [-0.2, 0) is 4.79 Å². The van der Waals surface area contributed by atoms with E-state index >= 15 is 0 Å². The molecule has 5 heteroatoms. The van der Waals surface area contributed by atoms with E-state index in [2.05, 4.69) is 10.5 Å². The molecule has 4 nitrogen and oxygen atoms in total. The highest BCUT2D eigenvalue weighted by Crippen LogP contribution is 2.06. The third-order valence-corrected chi connectivity index (χ3v) is 1.86. The fraction of sp³-hybridized carbons (Fsp3) is 0.500. The van der Waals surface area contributed by atoms with Gasteiger partial charge in [0.15, 0.2) is 0 Å². The molecule has 0 aromatic heterocycles. The summed E-state index contributed by atoms with van der Waals surface area (Å²) in [5, 5.41) is 13.7. The number of nitrogens with zero attached hydrogens (tertiary/aromatic N) is 1. The van der Waals surface area contributed by atoms with E-state index < -0.39 is 0 Å². The van der Waals surface area contributed by atoms with E-state index in [0.29, 0.717) is 6.54 Å². The monoisotopic (exact) mass is 146 g/mol. The van der Waals surface area contributed by atoms with Crippen LogP contribution in [0.5, 0.6) is 0 Å². The van der Waals surface area contributed by atoms with E-state index in [1.165, 1.54) is 11.8 Å². The van der Waals surface area contributed by atoms with Crippen molar-refractivity contribution in [3.63, 3.8) is 0 Å². The Bertz CT molecular complexity index is 157. The number of oxime groups is 1. The van der Waals surface area contributed by atoms with Crippen LogP contribution < -0.4 is 5.32 Å². The van der Waals surface area contributed by atoms with Crippen LogP contribution in [0.3, 0.4) is 0 Å². The highest BCUT2D eigenvalue weighted by atomic mass is 32.2. The van der Waals surface area contributed by atoms with E-state index in [1.54, 1.807) is 0 Å². The Balaban J connectivity index is 2.60. The fourth-order valence-electron chi connectivity index (χ4n) is 0.528. The second-order valence-electron chi connectivity index (χ2n) is 1.51. The molecule has 1 heterocycles. The number of rotatable bonds is 0. The second-order valence-corrected chi connectivity index (χ2v) is 2.59. The van der Waals surface area contributed by atoms with Gasteiger partial charge in [0.1, 0.15) is 0 Å². The van der Waals surface area contributed by atoms with Gasteiger partial charge in [0, 0.05) is 12.3 Å². The molecule has 1 fully saturated rings. The molecule has 2 N–H and O–H groups in total. The van der Waals surface area contributed by atoms with Crippen molar-refractivity contribution in [1.82, 2.24) is 5.32 Å². The van der Waals surface area contributed by atoms with Crippen molar-refractivity contribution in [1.29, 1.82) is 0 Å². The van der Waals surface area contributed by atoms with Crippen molar-refractivity contribution in [2.75, 3.05) is 12.3 Å². The minimum Gasteiger partial charge on any atom is -0.410 e. The van der Waals surface area contributed by atoms with Crippen LogP contribution >= 0.6 is 11.8 Å². The van der Waals surface area contributed by atoms with Gasteiger partial charge in [-0.25, -0.2) is 0 Å². The van der Waals surface area contributed by atoms with Crippen LogP contribution in [0.1, 0.15) is 0 Å². The first-order valence-electron chi connectivity index (χ1n) is 2.47. The van der Waals surface area contributed by atoms with Crippen LogP contribution in [0.25, 0.3) is 0 Å². The normalized spacial score (nSPS) is 24.0. The summed E-state index contributed by atoms with van der Waals surface area (Å²) in [5.74, 6) is 0.499. The number of amides is 1. The molecule has 1 rings (SSSR count). The van der Waals surface area contributed by atoms with Crippen LogP contribution in [0.15, 0.2) is 5.16 Å². The maximum atomic E-state index is 10.6. The van der Waals surface area contributed by atoms with Crippen molar-refractivity contribution in [2.24, 2.45) is 5.16 Å². The summed E-state index contributed by atoms with van der Waals surface area (Å²) in [6, 6.07) is 0. The zero-order chi connectivity index (χ0) is 6.69. The number of hydrogen-bond acceptors (Lipinski definition) is 4. The maximum Gasteiger partial charge on any atom is 0.279 e. The third-order valence-electron chi connectivity index (χ3n) is 0.911. The Kier molecular flexibility index (Phi) is 1.94. The first kappa shape index (κ1) is 6.41. The number of carbonyl (C=O) groups excluding carboxylic acids is 1. The van der Waals surface area contributed by atoms with Crippen LogP contribution in [0.4, 0.5) is 0 Å². The molecule has 1 aliphatic heterocycles. The molecule has 0 saturated carbocycles. The predicted octanol–water partition coefficient (Wildman–Crippen LogP) is -0.363. The third kappa shape index (κ3) is 1.35. The lowest BCUT2D eigenvalue weighted by atomic mass is 10.6. The minimum atomic E-state index is -0.284. The largest absolute Gasteiger partial charge is 0.410 e. The predicted molar refractivity (Wildman–Crippen MR) is 34.7 cm³/mol. The fourth-order valence-corrected chi connectivity index (χ4v) is 1.19. The topological polar surface area (TPSA) is 61.7 Å². The van der Waals surface area contributed by atoms with E-state index in [1.807, 2.05) is 0 Å². The highest BCUT2D eigenvalue weighted by molar-refractivity contribution is 8.15. The molecule has 0 radical (unpaired) electrons. The van der Waals surface area contributed by atoms with E-state index in [4.69, 9.17) is 5.21 Å². The molecule has 1 saturated heterocycles. The molecule has 0 spiro atoms. The van der Waals surface area contributed by atoms with Gasteiger partial charge in [-0.1, -0.05) is 16.9 Å². The summed E-state index contributed by atoms with van der Waals surface area (Å²) in [4.78, 5) is 10.6. The number of carbonyl (C=O) groups is 1. The molecule has 0 atom stereocenters. The summed E-state index contributed by atoms with van der Waals surface area (Å²) in [6.45, 7) is 0.655. The van der Waals surface area contributed by atoms with E-state index in [-0.39, 0.29) is 11.0 Å². The lowest BCUT2D eigenvalue weighted by molar-refractivity contribution is -0.114. The molecule has 1 aliphatic rings. The molecule has 1 amide bonds. The molecule has 0 aliphatic carbocycles. The molecule has 0 aromatic carbocycles. The zero-order valence-electron chi connectivity index (χ0n) is 4.63. The van der Waals surface area contributed by atoms with Gasteiger partial charge >= 0.3 is 0 Å². The van der Waals surface area contributed by atoms with Gasteiger partial charge in [-0.05, 0) is 0 Å². The van der Waals surface area contributed by atoms with Gasteiger partial charge in [-0.15, -0.1) is 0 Å². The Morgan fingerprint density at radius 3 is 3.00 bits per heavy atom. The number of hydrogen-bond donors (Lipinski definition) is 2. The zero-order valence-corrected chi connectivity index (χ0v) is 5.44. The van der Waals surface area contributed by atoms with Crippen molar-refractivity contribution in [3.8, 4) is 0 Å². The quantitative estimate of drug-likeness (QED) is 0.362. The Labute approximate surface area is 56.3 Å². The number of nitrogens with one attached hydrogen (secondary N) is 1. The summed E-state index contributed by atoms with van der Waals surface area (Å²) in [5.41, 5.74) is 0. The molecular weight excluding hydrogens is 140 g/mol. The summed E-state index contributed by atoms with van der Waals surface area (Å²) in [6.07, 6.45) is 0. The van der Waals surface area contributed by atoms with Gasteiger partial charge in [0.05, 0.1) is 0 Å². The van der Waals surface area contributed by atoms with Gasteiger partial charge in [-0.2, -0.15) is 0 Å². The Morgan fingerprint density at radius 2 is 2.56 bits per heavy atom. The number of thioether (sulfide) groups is 1. The maximum absolute atomic E-state index is 10.6. The van der Waals surface area contributed by atoms with Gasteiger partial charge in [-0.3, -0.25) is 4.79 Å². The van der Waals surface area contributed by atoms with E-state index in [9.17, 15) is 4.79 Å². The summed E-state index contributed by atoms with van der Waals surface area (Å²) < 4.78 is 0. The minimum absolute atomic E-state index is 0.154. The molecule has 0 unspecified atom stereocenters. The van der Waals surface area contributed by atoms with Crippen molar-refractivity contribution < 1.29 is 10.0 Å². The van der Waals surface area contributed by atoms with Crippen LogP contribution in [0, 0.1) is 0 Å². The average Bonchev–Trinajstić information content (AvgIpc) is 1.89. The molecular formula is C4H6N2O2S. The Hall–Kier alpha value is -0.710. The first-order valence-corrected chi connectivity index (χ1v) is 3.46. The van der Waals surface area contributed by atoms with Crippen LogP contribution in [0.2, 0.25) is 0 Å². The SMILES string of the molecule is O=C1NCCS/C1=N/O. The van der Waals surface area contributed by atoms with Crippen molar-refractivity contribution in [2.45, 2.75) is 0 Å². The molecule has 0 bridgehead atoms. The van der Waals surface area contributed by atoms with Crippen molar-refractivity contribution >= 4 is 22.7 Å².